The van der Waals surface area contributed by atoms with Crippen LogP contribution in [0, 0.1) is 18.8 Å². The fraction of sp³-hybridized carbons (Fsp3) is 0.400. The van der Waals surface area contributed by atoms with Gasteiger partial charge in [-0.15, -0.1) is 0 Å². The minimum Gasteiger partial charge on any atom is -0.469 e. The molecule has 142 valence electrons. The molecule has 0 bridgehead atoms. The maximum atomic E-state index is 12.6. The summed E-state index contributed by atoms with van der Waals surface area (Å²) in [5, 5.41) is 2.92. The topological polar surface area (TPSA) is 101 Å². The molecule has 0 spiro atoms. The third-order valence-electron chi connectivity index (χ3n) is 4.85. The van der Waals surface area contributed by atoms with Crippen LogP contribution in [0.3, 0.4) is 0 Å². The number of hydrogen-bond donors (Lipinski definition) is 2. The van der Waals surface area contributed by atoms with E-state index in [-0.39, 0.29) is 29.3 Å². The molecule has 1 aliphatic carbocycles. The highest BCUT2D eigenvalue weighted by atomic mass is 16.5. The summed E-state index contributed by atoms with van der Waals surface area (Å²) in [7, 11) is 1.38. The van der Waals surface area contributed by atoms with Gasteiger partial charge in [0, 0.05) is 28.9 Å². The molecule has 3 rings (SSSR count). The van der Waals surface area contributed by atoms with Crippen LogP contribution in [0.4, 0.5) is 5.69 Å². The Balaban J connectivity index is 1.73. The van der Waals surface area contributed by atoms with Gasteiger partial charge in [-0.05, 0) is 38.3 Å². The molecule has 1 aromatic heterocycles. The lowest BCUT2D eigenvalue weighted by molar-refractivity contribution is -0.147. The summed E-state index contributed by atoms with van der Waals surface area (Å²) in [5.74, 6) is -0.328. The number of hydrogen-bond acceptors (Lipinski definition) is 5. The molecule has 1 aliphatic rings. The summed E-state index contributed by atoms with van der Waals surface area (Å²) in [6.07, 6.45) is 2.85. The van der Waals surface area contributed by atoms with Crippen molar-refractivity contribution in [3.63, 3.8) is 0 Å². The minimum atomic E-state index is -0.246. The van der Waals surface area contributed by atoms with Gasteiger partial charge in [-0.2, -0.15) is 0 Å². The molecule has 7 nitrogen and oxygen atoms in total. The van der Waals surface area contributed by atoms with Gasteiger partial charge in [0.05, 0.1) is 13.0 Å². The van der Waals surface area contributed by atoms with E-state index >= 15 is 0 Å². The highest BCUT2D eigenvalue weighted by Crippen LogP contribution is 2.31. The molecule has 1 fully saturated rings. The fourth-order valence-corrected chi connectivity index (χ4v) is 3.51. The van der Waals surface area contributed by atoms with Crippen molar-refractivity contribution in [2.75, 3.05) is 12.4 Å². The van der Waals surface area contributed by atoms with Crippen LogP contribution in [-0.4, -0.2) is 29.0 Å². The van der Waals surface area contributed by atoms with Crippen molar-refractivity contribution in [1.29, 1.82) is 0 Å². The van der Waals surface area contributed by atoms with Crippen molar-refractivity contribution in [2.24, 2.45) is 11.8 Å². The molecule has 0 unspecified atom stereocenters. The Kier molecular flexibility index (Phi) is 5.69. The zero-order valence-electron chi connectivity index (χ0n) is 15.5. The van der Waals surface area contributed by atoms with E-state index in [1.54, 1.807) is 25.1 Å². The third-order valence-corrected chi connectivity index (χ3v) is 4.85. The lowest BCUT2D eigenvalue weighted by Gasteiger charge is -2.26. The molecule has 1 saturated carbocycles. The van der Waals surface area contributed by atoms with Crippen LogP contribution in [0.1, 0.15) is 31.4 Å². The van der Waals surface area contributed by atoms with Crippen molar-refractivity contribution in [3.05, 3.63) is 46.4 Å². The van der Waals surface area contributed by atoms with Gasteiger partial charge in [-0.3, -0.25) is 14.4 Å². The molecular formula is C20H23N3O4. The zero-order valence-corrected chi connectivity index (χ0v) is 15.5. The Hall–Kier alpha value is -2.96. The molecule has 1 amide bonds. The molecule has 1 heterocycles. The predicted molar refractivity (Wildman–Crippen MR) is 101 cm³/mol. The maximum Gasteiger partial charge on any atom is 0.308 e. The summed E-state index contributed by atoms with van der Waals surface area (Å²) in [4.78, 5) is 43.1. The third kappa shape index (κ3) is 4.61. The number of benzene rings is 1. The van der Waals surface area contributed by atoms with Gasteiger partial charge in [-0.1, -0.05) is 18.6 Å². The summed E-state index contributed by atoms with van der Waals surface area (Å²) < 4.78 is 4.81. The first kappa shape index (κ1) is 18.8. The van der Waals surface area contributed by atoms with Crippen molar-refractivity contribution in [2.45, 2.75) is 32.6 Å². The smallest absolute Gasteiger partial charge is 0.308 e. The Morgan fingerprint density at radius 2 is 2.00 bits per heavy atom. The first-order chi connectivity index (χ1) is 13.0. The van der Waals surface area contributed by atoms with Crippen LogP contribution in [0.2, 0.25) is 0 Å². The number of aromatic amines is 1. The largest absolute Gasteiger partial charge is 0.469 e. The summed E-state index contributed by atoms with van der Waals surface area (Å²) in [5.41, 5.74) is 1.74. The van der Waals surface area contributed by atoms with Crippen molar-refractivity contribution in [3.8, 4) is 11.4 Å². The van der Waals surface area contributed by atoms with Gasteiger partial charge in [0.25, 0.3) is 5.56 Å². The van der Waals surface area contributed by atoms with Crippen LogP contribution in [-0.2, 0) is 14.3 Å². The number of nitrogens with zero attached hydrogens (tertiary/aromatic N) is 1. The molecule has 7 heteroatoms. The van der Waals surface area contributed by atoms with Gasteiger partial charge >= 0.3 is 5.97 Å². The summed E-state index contributed by atoms with van der Waals surface area (Å²) >= 11 is 0. The average molecular weight is 369 g/mol. The first-order valence-electron chi connectivity index (χ1n) is 9.03. The normalized spacial score (nSPS) is 19.3. The van der Waals surface area contributed by atoms with Crippen molar-refractivity contribution >= 4 is 17.6 Å². The van der Waals surface area contributed by atoms with E-state index in [1.807, 2.05) is 6.07 Å². The highest BCUT2D eigenvalue weighted by Gasteiger charge is 2.31. The molecule has 2 atom stereocenters. The molecule has 1 aromatic carbocycles. The number of anilines is 1. The number of methoxy groups -OCH3 is 1. The van der Waals surface area contributed by atoms with Gasteiger partial charge in [0.15, 0.2) is 0 Å². The van der Waals surface area contributed by atoms with Crippen LogP contribution < -0.4 is 10.9 Å². The Labute approximate surface area is 157 Å². The van der Waals surface area contributed by atoms with Crippen LogP contribution in [0.15, 0.2) is 35.1 Å². The molecule has 0 aliphatic heterocycles. The predicted octanol–water partition coefficient (Wildman–Crippen LogP) is 2.66. The minimum absolute atomic E-state index is 0.105. The lowest BCUT2D eigenvalue weighted by Crippen LogP contribution is -2.31. The van der Waals surface area contributed by atoms with Gasteiger partial charge in [-0.25, -0.2) is 4.98 Å². The molecule has 0 saturated heterocycles. The standard InChI is InChI=1S/C20H23N3O4/c1-12-9-17(24)23-18(21-12)13-5-4-8-16(11-13)22-19(25)14-6-3-7-15(10-14)20(26)27-2/h4-5,8-9,11,14-15H,3,6-7,10H2,1-2H3,(H,22,25)(H,21,23,24)/t14-,15+/m1/s1. The highest BCUT2D eigenvalue weighted by molar-refractivity contribution is 5.93. The first-order valence-corrected chi connectivity index (χ1v) is 9.03. The number of ether oxygens (including phenoxy) is 1. The Morgan fingerprint density at radius 1 is 1.22 bits per heavy atom. The van der Waals surface area contributed by atoms with Crippen molar-refractivity contribution in [1.82, 2.24) is 9.97 Å². The average Bonchev–Trinajstić information content (AvgIpc) is 2.67. The Bertz CT molecular complexity index is 906. The van der Waals surface area contributed by atoms with Gasteiger partial charge < -0.3 is 15.0 Å². The van der Waals surface area contributed by atoms with E-state index in [1.165, 1.54) is 13.2 Å². The number of nitrogens with one attached hydrogen (secondary N) is 2. The van der Waals surface area contributed by atoms with E-state index in [2.05, 4.69) is 15.3 Å². The number of aromatic nitrogens is 2. The quantitative estimate of drug-likeness (QED) is 0.807. The number of esters is 1. The molecule has 27 heavy (non-hydrogen) atoms. The second kappa shape index (κ2) is 8.16. The van der Waals surface area contributed by atoms with E-state index in [4.69, 9.17) is 4.74 Å². The Morgan fingerprint density at radius 3 is 2.74 bits per heavy atom. The van der Waals surface area contributed by atoms with E-state index in [0.717, 1.165) is 19.3 Å². The number of carbonyl (C=O) groups is 2. The lowest BCUT2D eigenvalue weighted by atomic mass is 9.81. The monoisotopic (exact) mass is 369 g/mol. The van der Waals surface area contributed by atoms with E-state index in [0.29, 0.717) is 29.2 Å². The second-order valence-electron chi connectivity index (χ2n) is 6.89. The van der Waals surface area contributed by atoms with Crippen molar-refractivity contribution < 1.29 is 14.3 Å². The van der Waals surface area contributed by atoms with Gasteiger partial charge in [0.2, 0.25) is 5.91 Å². The number of H-pyrrole nitrogens is 1. The van der Waals surface area contributed by atoms with Crippen LogP contribution >= 0.6 is 0 Å². The molecule has 2 N–H and O–H groups in total. The zero-order chi connectivity index (χ0) is 19.4. The fourth-order valence-electron chi connectivity index (χ4n) is 3.51. The molecule has 2 aromatic rings. The second-order valence-corrected chi connectivity index (χ2v) is 6.89. The van der Waals surface area contributed by atoms with E-state index in [9.17, 15) is 14.4 Å². The molecule has 0 radical (unpaired) electrons. The van der Waals surface area contributed by atoms with E-state index < -0.39 is 0 Å². The number of aryl methyl sites for hydroxylation is 1. The molecular weight excluding hydrogens is 346 g/mol. The number of rotatable bonds is 4. The van der Waals surface area contributed by atoms with Crippen LogP contribution in [0.25, 0.3) is 11.4 Å². The number of amides is 1. The van der Waals surface area contributed by atoms with Gasteiger partial charge in [0.1, 0.15) is 5.82 Å². The number of carbonyl (C=O) groups excluding carboxylic acids is 2. The maximum absolute atomic E-state index is 12.6. The van der Waals surface area contributed by atoms with Crippen LogP contribution in [0.5, 0.6) is 0 Å². The summed E-state index contributed by atoms with van der Waals surface area (Å²) in [6, 6.07) is 8.61. The summed E-state index contributed by atoms with van der Waals surface area (Å²) in [6.45, 7) is 1.76. The SMILES string of the molecule is COC(=O)[C@H]1CCC[C@@H](C(=O)Nc2cccc(-c3nc(C)cc(=O)[nH]3)c2)C1.